The summed E-state index contributed by atoms with van der Waals surface area (Å²) in [6.07, 6.45) is 9.31. The van der Waals surface area contributed by atoms with Crippen LogP contribution in [0.25, 0.3) is 11.1 Å². The molecule has 0 spiro atoms. The number of pyridine rings is 1. The molecule has 1 aromatic carbocycles. The monoisotopic (exact) mass is 374 g/mol. The lowest BCUT2D eigenvalue weighted by Crippen LogP contribution is -2.18. The van der Waals surface area contributed by atoms with E-state index in [-0.39, 0.29) is 6.10 Å². The Bertz CT molecular complexity index is 914. The van der Waals surface area contributed by atoms with Crippen LogP contribution in [0.1, 0.15) is 67.1 Å². The highest BCUT2D eigenvalue weighted by Crippen LogP contribution is 2.40. The molecule has 0 bridgehead atoms. The number of ether oxygens (including phenoxy) is 1. The summed E-state index contributed by atoms with van der Waals surface area (Å²) >= 11 is 0. The number of rotatable bonds is 3. The van der Waals surface area contributed by atoms with Gasteiger partial charge < -0.3 is 4.74 Å². The Hall–Kier alpha value is -2.40. The lowest BCUT2D eigenvalue weighted by Gasteiger charge is -2.25. The zero-order valence-corrected chi connectivity index (χ0v) is 16.2. The van der Waals surface area contributed by atoms with Crippen molar-refractivity contribution >= 4 is 5.71 Å². The Labute approximate surface area is 165 Å². The standard InChI is InChI=1S/C23H26N4O/c1-2-7-12-18-17(11-6-1)21(16-9-4-3-5-10-16)22(19-15-24-27-26-19)23(25-18)20-13-8-14-28-20/h3-5,9-10,20H,1-2,6-8,11-15H2. The van der Waals surface area contributed by atoms with Gasteiger partial charge in [-0.2, -0.15) is 5.11 Å². The number of hydrogen-bond donors (Lipinski definition) is 0. The summed E-state index contributed by atoms with van der Waals surface area (Å²) in [4.78, 5) is 5.24. The van der Waals surface area contributed by atoms with E-state index in [1.165, 1.54) is 48.1 Å². The topological polar surface area (TPSA) is 59.2 Å². The van der Waals surface area contributed by atoms with Crippen LogP contribution in [0.3, 0.4) is 0 Å². The van der Waals surface area contributed by atoms with E-state index in [4.69, 9.17) is 9.72 Å². The third kappa shape index (κ3) is 3.28. The largest absolute Gasteiger partial charge is 0.372 e. The van der Waals surface area contributed by atoms with E-state index in [9.17, 15) is 0 Å². The van der Waals surface area contributed by atoms with Crippen molar-refractivity contribution in [3.05, 3.63) is 52.8 Å². The second kappa shape index (κ2) is 7.92. The highest BCUT2D eigenvalue weighted by atomic mass is 16.5. The van der Waals surface area contributed by atoms with E-state index in [0.717, 1.165) is 49.3 Å². The minimum Gasteiger partial charge on any atom is -0.372 e. The van der Waals surface area contributed by atoms with Gasteiger partial charge in [0.1, 0.15) is 12.6 Å². The van der Waals surface area contributed by atoms with Gasteiger partial charge >= 0.3 is 0 Å². The average molecular weight is 374 g/mol. The van der Waals surface area contributed by atoms with Crippen LogP contribution in [0.5, 0.6) is 0 Å². The van der Waals surface area contributed by atoms with Crippen molar-refractivity contribution < 1.29 is 4.74 Å². The van der Waals surface area contributed by atoms with Gasteiger partial charge in [0.2, 0.25) is 0 Å². The molecule has 0 N–H and O–H groups in total. The first-order valence-corrected chi connectivity index (χ1v) is 10.6. The van der Waals surface area contributed by atoms with Crippen molar-refractivity contribution in [2.75, 3.05) is 13.2 Å². The molecule has 0 saturated carbocycles. The minimum atomic E-state index is 0.0523. The van der Waals surface area contributed by atoms with Crippen LogP contribution in [0.15, 0.2) is 45.8 Å². The predicted octanol–water partition coefficient (Wildman–Crippen LogP) is 5.43. The minimum absolute atomic E-state index is 0.0523. The third-order valence-corrected chi connectivity index (χ3v) is 6.04. The van der Waals surface area contributed by atoms with Gasteiger partial charge in [0.25, 0.3) is 0 Å². The average Bonchev–Trinajstić information content (AvgIpc) is 3.42. The van der Waals surface area contributed by atoms with Crippen molar-refractivity contribution in [3.8, 4) is 11.1 Å². The molecular weight excluding hydrogens is 348 g/mol. The van der Waals surface area contributed by atoms with Crippen LogP contribution in [-0.2, 0) is 17.6 Å². The molecule has 28 heavy (non-hydrogen) atoms. The van der Waals surface area contributed by atoms with Gasteiger partial charge in [0, 0.05) is 17.9 Å². The number of aromatic nitrogens is 1. The van der Waals surface area contributed by atoms with Crippen molar-refractivity contribution in [2.24, 2.45) is 15.4 Å². The molecule has 2 aromatic rings. The first-order valence-electron chi connectivity index (χ1n) is 10.6. The van der Waals surface area contributed by atoms with Crippen LogP contribution < -0.4 is 0 Å². The van der Waals surface area contributed by atoms with Crippen molar-refractivity contribution in [1.82, 2.24) is 4.98 Å². The highest BCUT2D eigenvalue weighted by molar-refractivity contribution is 6.09. The lowest BCUT2D eigenvalue weighted by atomic mass is 9.84. The molecule has 3 aliphatic rings. The molecule has 144 valence electrons. The maximum absolute atomic E-state index is 6.10. The van der Waals surface area contributed by atoms with Crippen molar-refractivity contribution in [1.29, 1.82) is 0 Å². The van der Waals surface area contributed by atoms with E-state index < -0.39 is 0 Å². The van der Waals surface area contributed by atoms with Gasteiger partial charge in [0.05, 0.1) is 11.4 Å². The first kappa shape index (κ1) is 17.7. The molecule has 1 aliphatic carbocycles. The Morgan fingerprint density at radius 2 is 1.75 bits per heavy atom. The zero-order valence-electron chi connectivity index (χ0n) is 16.2. The van der Waals surface area contributed by atoms with E-state index in [1.807, 2.05) is 0 Å². The summed E-state index contributed by atoms with van der Waals surface area (Å²) in [5.41, 5.74) is 8.32. The molecular formula is C23H26N4O. The number of hydrogen-bond acceptors (Lipinski definition) is 5. The summed E-state index contributed by atoms with van der Waals surface area (Å²) in [7, 11) is 0. The Balaban J connectivity index is 1.79. The number of benzene rings is 1. The van der Waals surface area contributed by atoms with Gasteiger partial charge in [-0.15, -0.1) is 5.10 Å². The van der Waals surface area contributed by atoms with Crippen LogP contribution in [0.4, 0.5) is 0 Å². The second-order valence-electron chi connectivity index (χ2n) is 7.89. The van der Waals surface area contributed by atoms with Crippen LogP contribution in [0.2, 0.25) is 0 Å². The van der Waals surface area contributed by atoms with E-state index in [2.05, 4.69) is 45.8 Å². The zero-order chi connectivity index (χ0) is 18.8. The third-order valence-electron chi connectivity index (χ3n) is 6.04. The van der Waals surface area contributed by atoms with Crippen LogP contribution in [-0.4, -0.2) is 23.8 Å². The molecule has 3 heterocycles. The van der Waals surface area contributed by atoms with E-state index in [0.29, 0.717) is 6.54 Å². The van der Waals surface area contributed by atoms with Gasteiger partial charge in [-0.3, -0.25) is 4.98 Å². The smallest absolute Gasteiger partial charge is 0.107 e. The molecule has 5 heteroatoms. The predicted molar refractivity (Wildman–Crippen MR) is 110 cm³/mol. The van der Waals surface area contributed by atoms with E-state index >= 15 is 0 Å². The fourth-order valence-corrected chi connectivity index (χ4v) is 4.70. The van der Waals surface area contributed by atoms with Crippen LogP contribution in [0, 0.1) is 0 Å². The normalized spacial score (nSPS) is 21.9. The summed E-state index contributed by atoms with van der Waals surface area (Å²) in [5, 5.41) is 12.5. The number of aryl methyl sites for hydroxylation is 1. The Morgan fingerprint density at radius 3 is 2.50 bits per heavy atom. The molecule has 1 atom stereocenters. The Morgan fingerprint density at radius 1 is 0.893 bits per heavy atom. The molecule has 0 radical (unpaired) electrons. The number of nitrogens with zero attached hydrogens (tertiary/aromatic N) is 4. The Kier molecular flexibility index (Phi) is 5.00. The molecule has 0 amide bonds. The highest BCUT2D eigenvalue weighted by Gasteiger charge is 2.31. The molecule has 5 rings (SSSR count). The van der Waals surface area contributed by atoms with Gasteiger partial charge in [-0.1, -0.05) is 43.2 Å². The molecule has 5 nitrogen and oxygen atoms in total. The molecule has 1 unspecified atom stereocenters. The molecule has 2 aliphatic heterocycles. The van der Waals surface area contributed by atoms with Crippen LogP contribution >= 0.6 is 0 Å². The first-order chi connectivity index (χ1) is 13.9. The lowest BCUT2D eigenvalue weighted by molar-refractivity contribution is 0.108. The summed E-state index contributed by atoms with van der Waals surface area (Å²) < 4.78 is 6.10. The van der Waals surface area contributed by atoms with Gasteiger partial charge in [-0.05, 0) is 60.4 Å². The van der Waals surface area contributed by atoms with E-state index in [1.54, 1.807) is 0 Å². The van der Waals surface area contributed by atoms with Gasteiger partial charge in [0.15, 0.2) is 0 Å². The summed E-state index contributed by atoms with van der Waals surface area (Å²) in [5.74, 6) is 0. The van der Waals surface area contributed by atoms with Crippen molar-refractivity contribution in [3.63, 3.8) is 0 Å². The maximum atomic E-state index is 6.10. The quantitative estimate of drug-likeness (QED) is 0.719. The molecule has 1 fully saturated rings. The second-order valence-corrected chi connectivity index (χ2v) is 7.89. The molecule has 1 aromatic heterocycles. The number of fused-ring (bicyclic) bond motifs is 1. The SMILES string of the molecule is c1ccc(-c2c3c(nc(C4CCCO4)c2C2=NN=NC2)CCCCCC3)cc1. The summed E-state index contributed by atoms with van der Waals surface area (Å²) in [6, 6.07) is 10.7. The molecule has 1 saturated heterocycles. The maximum Gasteiger partial charge on any atom is 0.107 e. The van der Waals surface area contributed by atoms with Crippen molar-refractivity contribution in [2.45, 2.75) is 57.5 Å². The fraction of sp³-hybridized carbons (Fsp3) is 0.478. The fourth-order valence-electron chi connectivity index (χ4n) is 4.70. The van der Waals surface area contributed by atoms with Gasteiger partial charge in [-0.25, -0.2) is 0 Å². The summed E-state index contributed by atoms with van der Waals surface area (Å²) in [6.45, 7) is 1.34.